The van der Waals surface area contributed by atoms with Crippen molar-refractivity contribution in [3.63, 3.8) is 0 Å². The quantitative estimate of drug-likeness (QED) is 0.566. The summed E-state index contributed by atoms with van der Waals surface area (Å²) in [7, 11) is 0. The Morgan fingerprint density at radius 1 is 1.33 bits per heavy atom. The molecule has 0 spiro atoms. The Bertz CT molecular complexity index is 75.0. The highest BCUT2D eigenvalue weighted by Crippen LogP contribution is 2.02. The van der Waals surface area contributed by atoms with Gasteiger partial charge in [0.25, 0.3) is 0 Å². The molecule has 0 amide bonds. The van der Waals surface area contributed by atoms with E-state index in [1.165, 1.54) is 19.4 Å². The van der Waals surface area contributed by atoms with Crippen molar-refractivity contribution in [3.05, 3.63) is 0 Å². The second-order valence-corrected chi connectivity index (χ2v) is 2.90. The van der Waals surface area contributed by atoms with Gasteiger partial charge in [-0.25, -0.2) is 5.01 Å². The summed E-state index contributed by atoms with van der Waals surface area (Å²) in [5.41, 5.74) is 3.35. The Kier molecular flexibility index (Phi) is 2.49. The minimum Gasteiger partial charge on any atom is -0.255 e. The number of hydrogen-bond donors (Lipinski definition) is 1. The van der Waals surface area contributed by atoms with E-state index in [2.05, 4.69) is 24.3 Å². The van der Waals surface area contributed by atoms with E-state index in [0.29, 0.717) is 6.04 Å². The smallest absolute Gasteiger partial charge is 0.0187 e. The molecular weight excluding hydrogens is 112 g/mol. The summed E-state index contributed by atoms with van der Waals surface area (Å²) >= 11 is 0. The van der Waals surface area contributed by atoms with Gasteiger partial charge < -0.3 is 0 Å². The van der Waals surface area contributed by atoms with Crippen LogP contribution in [0.4, 0.5) is 0 Å². The molecule has 0 bridgehead atoms. The van der Waals surface area contributed by atoms with E-state index in [0.717, 1.165) is 6.54 Å². The van der Waals surface area contributed by atoms with Crippen LogP contribution in [-0.4, -0.2) is 24.1 Å². The van der Waals surface area contributed by atoms with Crippen LogP contribution in [0.2, 0.25) is 0 Å². The molecule has 0 radical (unpaired) electrons. The maximum atomic E-state index is 3.35. The van der Waals surface area contributed by atoms with Crippen LogP contribution in [0.5, 0.6) is 0 Å². The minimum atomic E-state index is 0.658. The standard InChI is InChI=1S/C7H16N2/c1-7(2)9-6-4-3-5-8-9/h7-8H,3-6H2,1-2H3. The first kappa shape index (κ1) is 7.03. The van der Waals surface area contributed by atoms with Gasteiger partial charge in [-0.1, -0.05) is 0 Å². The summed E-state index contributed by atoms with van der Waals surface area (Å²) in [5.74, 6) is 0. The van der Waals surface area contributed by atoms with Gasteiger partial charge in [0.1, 0.15) is 0 Å². The zero-order valence-electron chi connectivity index (χ0n) is 6.35. The second-order valence-electron chi connectivity index (χ2n) is 2.90. The molecular formula is C7H16N2. The van der Waals surface area contributed by atoms with Crippen molar-refractivity contribution in [2.45, 2.75) is 32.7 Å². The van der Waals surface area contributed by atoms with Crippen LogP contribution in [0.15, 0.2) is 0 Å². The van der Waals surface area contributed by atoms with Crippen molar-refractivity contribution in [3.8, 4) is 0 Å². The third kappa shape index (κ3) is 1.95. The first-order valence-corrected chi connectivity index (χ1v) is 3.81. The molecule has 0 saturated carbocycles. The van der Waals surface area contributed by atoms with Gasteiger partial charge in [0.05, 0.1) is 0 Å². The normalized spacial score (nSPS) is 23.0. The van der Waals surface area contributed by atoms with Crippen molar-refractivity contribution in [1.29, 1.82) is 0 Å². The lowest BCUT2D eigenvalue weighted by Crippen LogP contribution is -2.47. The summed E-state index contributed by atoms with van der Waals surface area (Å²) in [4.78, 5) is 0. The molecule has 0 unspecified atom stereocenters. The Morgan fingerprint density at radius 3 is 2.44 bits per heavy atom. The molecule has 2 heteroatoms. The average molecular weight is 128 g/mol. The summed E-state index contributed by atoms with van der Waals surface area (Å²) in [6, 6.07) is 0.658. The third-order valence-electron chi connectivity index (χ3n) is 1.76. The Hall–Kier alpha value is -0.0800. The van der Waals surface area contributed by atoms with Gasteiger partial charge in [0.2, 0.25) is 0 Å². The Morgan fingerprint density at radius 2 is 2.11 bits per heavy atom. The molecule has 9 heavy (non-hydrogen) atoms. The van der Waals surface area contributed by atoms with Crippen molar-refractivity contribution in [2.24, 2.45) is 0 Å². The van der Waals surface area contributed by atoms with Crippen LogP contribution in [0.1, 0.15) is 26.7 Å². The lowest BCUT2D eigenvalue weighted by Gasteiger charge is -2.30. The van der Waals surface area contributed by atoms with E-state index in [1.807, 2.05) is 0 Å². The maximum Gasteiger partial charge on any atom is 0.0187 e. The van der Waals surface area contributed by atoms with E-state index in [1.54, 1.807) is 0 Å². The fraction of sp³-hybridized carbons (Fsp3) is 1.00. The van der Waals surface area contributed by atoms with Gasteiger partial charge in [-0.05, 0) is 26.7 Å². The van der Waals surface area contributed by atoms with Crippen molar-refractivity contribution in [1.82, 2.24) is 10.4 Å². The minimum absolute atomic E-state index is 0.658. The highest BCUT2D eigenvalue weighted by molar-refractivity contribution is 4.63. The van der Waals surface area contributed by atoms with Gasteiger partial charge in [-0.3, -0.25) is 5.43 Å². The van der Waals surface area contributed by atoms with Gasteiger partial charge >= 0.3 is 0 Å². The number of nitrogens with one attached hydrogen (secondary N) is 1. The molecule has 0 aromatic heterocycles. The fourth-order valence-electron chi connectivity index (χ4n) is 1.15. The average Bonchev–Trinajstić information content (AvgIpc) is 1.90. The van der Waals surface area contributed by atoms with Crippen molar-refractivity contribution < 1.29 is 0 Å². The molecule has 1 rings (SSSR count). The number of hydrazine groups is 1. The largest absolute Gasteiger partial charge is 0.255 e. The lowest BCUT2D eigenvalue weighted by atomic mass is 10.2. The van der Waals surface area contributed by atoms with Crippen LogP contribution >= 0.6 is 0 Å². The van der Waals surface area contributed by atoms with Gasteiger partial charge in [-0.15, -0.1) is 0 Å². The van der Waals surface area contributed by atoms with Crippen LogP contribution in [-0.2, 0) is 0 Å². The highest BCUT2D eigenvalue weighted by atomic mass is 15.5. The predicted molar refractivity (Wildman–Crippen MR) is 39.1 cm³/mol. The molecule has 0 aliphatic carbocycles. The zero-order chi connectivity index (χ0) is 6.69. The molecule has 1 aliphatic rings. The molecule has 1 aliphatic heterocycles. The molecule has 1 fully saturated rings. The summed E-state index contributed by atoms with van der Waals surface area (Å²) in [5, 5.41) is 2.31. The third-order valence-corrected chi connectivity index (χ3v) is 1.76. The van der Waals surface area contributed by atoms with E-state index in [4.69, 9.17) is 0 Å². The zero-order valence-corrected chi connectivity index (χ0v) is 6.35. The topological polar surface area (TPSA) is 15.3 Å². The van der Waals surface area contributed by atoms with Gasteiger partial charge in [-0.2, -0.15) is 0 Å². The molecule has 1 saturated heterocycles. The van der Waals surface area contributed by atoms with E-state index >= 15 is 0 Å². The summed E-state index contributed by atoms with van der Waals surface area (Å²) < 4.78 is 0. The molecule has 2 nitrogen and oxygen atoms in total. The second kappa shape index (κ2) is 3.18. The number of nitrogens with zero attached hydrogens (tertiary/aromatic N) is 1. The number of rotatable bonds is 1. The first-order chi connectivity index (χ1) is 4.30. The predicted octanol–water partition coefficient (Wildman–Crippen LogP) is 0.995. The highest BCUT2D eigenvalue weighted by Gasteiger charge is 2.10. The summed E-state index contributed by atoms with van der Waals surface area (Å²) in [6.07, 6.45) is 2.69. The number of hydrogen-bond acceptors (Lipinski definition) is 2. The van der Waals surface area contributed by atoms with Crippen molar-refractivity contribution in [2.75, 3.05) is 13.1 Å². The van der Waals surface area contributed by atoms with E-state index < -0.39 is 0 Å². The SMILES string of the molecule is CC(C)N1CCCCN1. The Balaban J connectivity index is 2.23. The fourth-order valence-corrected chi connectivity index (χ4v) is 1.15. The molecule has 1 heterocycles. The summed E-state index contributed by atoms with van der Waals surface area (Å²) in [6.45, 7) is 6.83. The molecule has 0 aromatic rings. The molecule has 0 aromatic carbocycles. The van der Waals surface area contributed by atoms with Crippen LogP contribution in [0.3, 0.4) is 0 Å². The van der Waals surface area contributed by atoms with Crippen LogP contribution in [0, 0.1) is 0 Å². The monoisotopic (exact) mass is 128 g/mol. The van der Waals surface area contributed by atoms with E-state index in [9.17, 15) is 0 Å². The maximum absolute atomic E-state index is 3.35. The van der Waals surface area contributed by atoms with Crippen LogP contribution < -0.4 is 5.43 Å². The van der Waals surface area contributed by atoms with Crippen molar-refractivity contribution >= 4 is 0 Å². The molecule has 54 valence electrons. The Labute approximate surface area is 57.2 Å². The van der Waals surface area contributed by atoms with Gasteiger partial charge in [0, 0.05) is 19.1 Å². The molecule has 0 atom stereocenters. The van der Waals surface area contributed by atoms with Crippen LogP contribution in [0.25, 0.3) is 0 Å². The molecule has 1 N–H and O–H groups in total. The van der Waals surface area contributed by atoms with Gasteiger partial charge in [0.15, 0.2) is 0 Å². The first-order valence-electron chi connectivity index (χ1n) is 3.81. The van der Waals surface area contributed by atoms with E-state index in [-0.39, 0.29) is 0 Å². The lowest BCUT2D eigenvalue weighted by molar-refractivity contribution is 0.114.